The smallest absolute Gasteiger partial charge is 0.161 e. The summed E-state index contributed by atoms with van der Waals surface area (Å²) in [5.74, 6) is 1.61. The fourth-order valence-corrected chi connectivity index (χ4v) is 2.79. The van der Waals surface area contributed by atoms with Crippen LogP contribution in [0.2, 0.25) is 0 Å². The molecule has 4 heteroatoms. The number of ether oxygens (including phenoxy) is 2. The molecule has 1 aliphatic heterocycles. The van der Waals surface area contributed by atoms with E-state index in [1.807, 2.05) is 6.07 Å². The molecule has 1 aromatic carbocycles. The molecule has 0 bridgehead atoms. The van der Waals surface area contributed by atoms with Crippen molar-refractivity contribution in [3.05, 3.63) is 23.8 Å². The van der Waals surface area contributed by atoms with E-state index in [9.17, 15) is 0 Å². The summed E-state index contributed by atoms with van der Waals surface area (Å²) in [7, 11) is 3.36. The van der Waals surface area contributed by atoms with Gasteiger partial charge in [-0.2, -0.15) is 0 Å². The van der Waals surface area contributed by atoms with E-state index < -0.39 is 0 Å². The standard InChI is InChI=1S/C17H28N2O2/c1-4-5-8-18-9-11-19(12-10-18)14-15-6-7-16(20-2)17(13-15)21-3/h6-7,13H,4-5,8-12,14H2,1-3H3. The molecular formula is C17H28N2O2. The summed E-state index contributed by atoms with van der Waals surface area (Å²) in [6.45, 7) is 9.17. The number of hydrogen-bond acceptors (Lipinski definition) is 4. The summed E-state index contributed by atoms with van der Waals surface area (Å²) >= 11 is 0. The molecule has 0 aliphatic carbocycles. The molecule has 0 amide bonds. The van der Waals surface area contributed by atoms with Gasteiger partial charge in [-0.05, 0) is 30.7 Å². The molecule has 4 nitrogen and oxygen atoms in total. The van der Waals surface area contributed by atoms with Crippen molar-refractivity contribution >= 4 is 0 Å². The first-order valence-corrected chi connectivity index (χ1v) is 7.92. The van der Waals surface area contributed by atoms with E-state index in [4.69, 9.17) is 9.47 Å². The predicted molar refractivity (Wildman–Crippen MR) is 86.2 cm³/mol. The summed E-state index contributed by atoms with van der Waals surface area (Å²) < 4.78 is 10.7. The van der Waals surface area contributed by atoms with Crippen molar-refractivity contribution < 1.29 is 9.47 Å². The fourth-order valence-electron chi connectivity index (χ4n) is 2.79. The van der Waals surface area contributed by atoms with Crippen LogP contribution in [0.5, 0.6) is 11.5 Å². The Kier molecular flexibility index (Phi) is 6.33. The van der Waals surface area contributed by atoms with E-state index in [0.29, 0.717) is 0 Å². The molecule has 0 radical (unpaired) electrons. The van der Waals surface area contributed by atoms with E-state index in [2.05, 4.69) is 28.9 Å². The van der Waals surface area contributed by atoms with Crippen LogP contribution in [-0.2, 0) is 6.54 Å². The van der Waals surface area contributed by atoms with Crippen LogP contribution in [0, 0.1) is 0 Å². The zero-order valence-electron chi connectivity index (χ0n) is 13.6. The molecule has 1 saturated heterocycles. The van der Waals surface area contributed by atoms with Crippen LogP contribution in [0.1, 0.15) is 25.3 Å². The van der Waals surface area contributed by atoms with Gasteiger partial charge in [-0.1, -0.05) is 19.4 Å². The van der Waals surface area contributed by atoms with Crippen molar-refractivity contribution in [1.29, 1.82) is 0 Å². The van der Waals surface area contributed by atoms with Crippen molar-refractivity contribution in [2.75, 3.05) is 46.9 Å². The minimum atomic E-state index is 0.797. The summed E-state index contributed by atoms with van der Waals surface area (Å²) in [5.41, 5.74) is 1.29. The molecule has 2 rings (SSSR count). The van der Waals surface area contributed by atoms with Crippen LogP contribution in [0.25, 0.3) is 0 Å². The first-order valence-electron chi connectivity index (χ1n) is 7.92. The minimum Gasteiger partial charge on any atom is -0.493 e. The van der Waals surface area contributed by atoms with E-state index in [0.717, 1.165) is 31.1 Å². The average Bonchev–Trinajstić information content (AvgIpc) is 2.54. The van der Waals surface area contributed by atoms with E-state index in [-0.39, 0.29) is 0 Å². The van der Waals surface area contributed by atoms with Gasteiger partial charge < -0.3 is 14.4 Å². The second kappa shape index (κ2) is 8.25. The predicted octanol–water partition coefficient (Wildman–Crippen LogP) is 2.62. The Morgan fingerprint density at radius 2 is 1.62 bits per heavy atom. The lowest BCUT2D eigenvalue weighted by molar-refractivity contribution is 0.126. The first-order chi connectivity index (χ1) is 10.3. The Morgan fingerprint density at radius 1 is 0.952 bits per heavy atom. The van der Waals surface area contributed by atoms with Gasteiger partial charge in [0.2, 0.25) is 0 Å². The van der Waals surface area contributed by atoms with Crippen molar-refractivity contribution in [1.82, 2.24) is 9.80 Å². The summed E-state index contributed by atoms with van der Waals surface area (Å²) in [6, 6.07) is 6.21. The van der Waals surface area contributed by atoms with Gasteiger partial charge in [0.25, 0.3) is 0 Å². The lowest BCUT2D eigenvalue weighted by Crippen LogP contribution is -2.46. The second-order valence-corrected chi connectivity index (χ2v) is 5.66. The van der Waals surface area contributed by atoms with Crippen molar-refractivity contribution in [2.45, 2.75) is 26.3 Å². The highest BCUT2D eigenvalue weighted by atomic mass is 16.5. The van der Waals surface area contributed by atoms with Crippen molar-refractivity contribution in [3.63, 3.8) is 0 Å². The van der Waals surface area contributed by atoms with E-state index in [1.165, 1.54) is 38.0 Å². The van der Waals surface area contributed by atoms with Crippen LogP contribution in [0.4, 0.5) is 0 Å². The van der Waals surface area contributed by atoms with Crippen LogP contribution in [-0.4, -0.2) is 56.7 Å². The van der Waals surface area contributed by atoms with Gasteiger partial charge in [-0.25, -0.2) is 0 Å². The number of methoxy groups -OCH3 is 2. The van der Waals surface area contributed by atoms with Gasteiger partial charge in [0.05, 0.1) is 14.2 Å². The molecule has 0 unspecified atom stereocenters. The monoisotopic (exact) mass is 292 g/mol. The SMILES string of the molecule is CCCCN1CCN(Cc2ccc(OC)c(OC)c2)CC1. The zero-order valence-corrected chi connectivity index (χ0v) is 13.6. The molecular weight excluding hydrogens is 264 g/mol. The van der Waals surface area contributed by atoms with Crippen molar-refractivity contribution in [3.8, 4) is 11.5 Å². The number of nitrogens with zero attached hydrogens (tertiary/aromatic N) is 2. The summed E-state index contributed by atoms with van der Waals surface area (Å²) in [4.78, 5) is 5.10. The van der Waals surface area contributed by atoms with Gasteiger partial charge in [-0.3, -0.25) is 4.90 Å². The number of unbranched alkanes of at least 4 members (excludes halogenated alkanes) is 1. The molecule has 1 aliphatic rings. The van der Waals surface area contributed by atoms with Gasteiger partial charge in [0, 0.05) is 32.7 Å². The molecule has 0 saturated carbocycles. The van der Waals surface area contributed by atoms with Crippen LogP contribution < -0.4 is 9.47 Å². The minimum absolute atomic E-state index is 0.797. The Labute approximate surface area is 128 Å². The van der Waals surface area contributed by atoms with Gasteiger partial charge in [0.1, 0.15) is 0 Å². The lowest BCUT2D eigenvalue weighted by atomic mass is 10.1. The molecule has 1 fully saturated rings. The molecule has 0 spiro atoms. The Morgan fingerprint density at radius 3 is 2.24 bits per heavy atom. The molecule has 21 heavy (non-hydrogen) atoms. The van der Waals surface area contributed by atoms with Gasteiger partial charge >= 0.3 is 0 Å². The maximum atomic E-state index is 5.38. The Balaban J connectivity index is 1.86. The van der Waals surface area contributed by atoms with Crippen molar-refractivity contribution in [2.24, 2.45) is 0 Å². The Hall–Kier alpha value is -1.26. The lowest BCUT2D eigenvalue weighted by Gasteiger charge is -2.34. The third-order valence-electron chi connectivity index (χ3n) is 4.15. The van der Waals surface area contributed by atoms with Crippen LogP contribution in [0.3, 0.4) is 0 Å². The fraction of sp³-hybridized carbons (Fsp3) is 0.647. The Bertz CT molecular complexity index is 429. The number of piperazine rings is 1. The first kappa shape index (κ1) is 16.1. The third kappa shape index (κ3) is 4.61. The third-order valence-corrected chi connectivity index (χ3v) is 4.15. The van der Waals surface area contributed by atoms with E-state index in [1.54, 1.807) is 14.2 Å². The van der Waals surface area contributed by atoms with E-state index >= 15 is 0 Å². The highest BCUT2D eigenvalue weighted by molar-refractivity contribution is 5.42. The topological polar surface area (TPSA) is 24.9 Å². The molecule has 0 atom stereocenters. The molecule has 0 aromatic heterocycles. The molecule has 1 heterocycles. The number of hydrogen-bond donors (Lipinski definition) is 0. The highest BCUT2D eigenvalue weighted by Gasteiger charge is 2.16. The quantitative estimate of drug-likeness (QED) is 0.771. The summed E-state index contributed by atoms with van der Waals surface area (Å²) in [5, 5.41) is 0. The normalized spacial score (nSPS) is 16.9. The van der Waals surface area contributed by atoms with Crippen LogP contribution in [0.15, 0.2) is 18.2 Å². The number of benzene rings is 1. The highest BCUT2D eigenvalue weighted by Crippen LogP contribution is 2.28. The number of rotatable bonds is 7. The zero-order chi connectivity index (χ0) is 15.1. The summed E-state index contributed by atoms with van der Waals surface area (Å²) in [6.07, 6.45) is 2.60. The average molecular weight is 292 g/mol. The molecule has 0 N–H and O–H groups in total. The van der Waals surface area contributed by atoms with Gasteiger partial charge in [-0.15, -0.1) is 0 Å². The molecule has 1 aromatic rings. The maximum Gasteiger partial charge on any atom is 0.161 e. The molecule has 118 valence electrons. The van der Waals surface area contributed by atoms with Gasteiger partial charge in [0.15, 0.2) is 11.5 Å². The van der Waals surface area contributed by atoms with Crippen LogP contribution >= 0.6 is 0 Å². The maximum absolute atomic E-state index is 5.38. The largest absolute Gasteiger partial charge is 0.493 e. The second-order valence-electron chi connectivity index (χ2n) is 5.66.